The molecule has 3 nitrogen and oxygen atoms in total. The highest BCUT2D eigenvalue weighted by molar-refractivity contribution is 9.18. The molecule has 1 rings (SSSR count). The van der Waals surface area contributed by atoms with Crippen molar-refractivity contribution < 1.29 is 9.25 Å². The van der Waals surface area contributed by atoms with E-state index in [4.69, 9.17) is 4.42 Å². The number of halogens is 1. The van der Waals surface area contributed by atoms with E-state index in [9.17, 15) is 0 Å². The van der Waals surface area contributed by atoms with Crippen LogP contribution in [0.2, 0.25) is 0 Å². The Bertz CT molecular complexity index is 218. The van der Waals surface area contributed by atoms with Crippen molar-refractivity contribution in [3.63, 3.8) is 0 Å². The van der Waals surface area contributed by atoms with Crippen LogP contribution < -0.4 is 0 Å². The van der Waals surface area contributed by atoms with E-state index in [1.165, 1.54) is 7.11 Å². The highest BCUT2D eigenvalue weighted by Crippen LogP contribution is 2.07. The highest BCUT2D eigenvalue weighted by atomic mass is 79.9. The SMILES string of the molecule is CO/N=C(\Br)c1ccco1. The average Bonchev–Trinajstić information content (AvgIpc) is 2.38. The smallest absolute Gasteiger partial charge is 0.187 e. The molecule has 0 N–H and O–H groups in total. The molecule has 0 fully saturated rings. The van der Waals surface area contributed by atoms with Crippen LogP contribution in [0.4, 0.5) is 0 Å². The van der Waals surface area contributed by atoms with Crippen molar-refractivity contribution in [1.82, 2.24) is 0 Å². The number of hydrogen-bond donors (Lipinski definition) is 0. The predicted octanol–water partition coefficient (Wildman–Crippen LogP) is 1.98. The van der Waals surface area contributed by atoms with Gasteiger partial charge in [0.05, 0.1) is 6.26 Å². The minimum absolute atomic E-state index is 0.556. The van der Waals surface area contributed by atoms with Gasteiger partial charge in [0.2, 0.25) is 0 Å². The number of rotatable bonds is 2. The lowest BCUT2D eigenvalue weighted by Gasteiger charge is -1.89. The monoisotopic (exact) mass is 203 g/mol. The van der Waals surface area contributed by atoms with Crippen LogP contribution in [0.3, 0.4) is 0 Å². The molecule has 0 aliphatic heterocycles. The molecule has 1 aromatic rings. The number of oxime groups is 1. The summed E-state index contributed by atoms with van der Waals surface area (Å²) in [6, 6.07) is 3.56. The zero-order valence-corrected chi connectivity index (χ0v) is 6.96. The predicted molar refractivity (Wildman–Crippen MR) is 41.2 cm³/mol. The van der Waals surface area contributed by atoms with E-state index in [2.05, 4.69) is 25.9 Å². The summed E-state index contributed by atoms with van der Waals surface area (Å²) in [5.41, 5.74) is 0. The maximum Gasteiger partial charge on any atom is 0.187 e. The van der Waals surface area contributed by atoms with Crippen molar-refractivity contribution in [1.29, 1.82) is 0 Å². The summed E-state index contributed by atoms with van der Waals surface area (Å²) < 4.78 is 5.55. The minimum Gasteiger partial charge on any atom is -0.462 e. The van der Waals surface area contributed by atoms with Gasteiger partial charge in [0.15, 0.2) is 10.4 Å². The molecule has 0 bridgehead atoms. The number of nitrogens with zero attached hydrogens (tertiary/aromatic N) is 1. The molecule has 0 saturated heterocycles. The fourth-order valence-electron chi connectivity index (χ4n) is 0.521. The maximum absolute atomic E-state index is 4.99. The van der Waals surface area contributed by atoms with Gasteiger partial charge >= 0.3 is 0 Å². The Morgan fingerprint density at radius 2 is 2.60 bits per heavy atom. The van der Waals surface area contributed by atoms with E-state index in [1.807, 2.05) is 0 Å². The fraction of sp³-hybridized carbons (Fsp3) is 0.167. The van der Waals surface area contributed by atoms with Gasteiger partial charge in [-0.25, -0.2) is 0 Å². The minimum atomic E-state index is 0.556. The van der Waals surface area contributed by atoms with E-state index in [0.29, 0.717) is 10.4 Å². The third-order valence-corrected chi connectivity index (χ3v) is 1.43. The molecule has 0 unspecified atom stereocenters. The van der Waals surface area contributed by atoms with Crippen LogP contribution in [0.1, 0.15) is 5.76 Å². The first-order valence-electron chi connectivity index (χ1n) is 2.65. The number of hydrogen-bond acceptors (Lipinski definition) is 3. The molecule has 54 valence electrons. The second-order valence-corrected chi connectivity index (χ2v) is 2.29. The van der Waals surface area contributed by atoms with E-state index in [0.717, 1.165) is 0 Å². The lowest BCUT2D eigenvalue weighted by molar-refractivity contribution is 0.214. The van der Waals surface area contributed by atoms with Crippen molar-refractivity contribution >= 4 is 20.6 Å². The zero-order valence-electron chi connectivity index (χ0n) is 5.37. The molecule has 4 heteroatoms. The summed E-state index contributed by atoms with van der Waals surface area (Å²) in [5.74, 6) is 0.654. The molecule has 0 aliphatic carbocycles. The van der Waals surface area contributed by atoms with Crippen LogP contribution in [0.15, 0.2) is 28.0 Å². The first-order valence-corrected chi connectivity index (χ1v) is 3.44. The van der Waals surface area contributed by atoms with E-state index < -0.39 is 0 Å². The van der Waals surface area contributed by atoms with Gasteiger partial charge in [-0.1, -0.05) is 5.16 Å². The summed E-state index contributed by atoms with van der Waals surface area (Å²) in [4.78, 5) is 4.51. The van der Waals surface area contributed by atoms with Crippen LogP contribution in [0, 0.1) is 0 Å². The quantitative estimate of drug-likeness (QED) is 0.545. The Balaban J connectivity index is 2.77. The molecule has 0 radical (unpaired) electrons. The largest absolute Gasteiger partial charge is 0.462 e. The Labute approximate surface area is 66.8 Å². The summed E-state index contributed by atoms with van der Waals surface area (Å²) in [6.45, 7) is 0. The summed E-state index contributed by atoms with van der Waals surface area (Å²) >= 11 is 3.16. The van der Waals surface area contributed by atoms with Gasteiger partial charge in [-0.2, -0.15) is 0 Å². The number of furan rings is 1. The molecular weight excluding hydrogens is 198 g/mol. The molecule has 0 spiro atoms. The molecule has 1 aromatic heterocycles. The van der Waals surface area contributed by atoms with Crippen molar-refractivity contribution in [3.05, 3.63) is 24.2 Å². The highest BCUT2D eigenvalue weighted by Gasteiger charge is 2.00. The Kier molecular flexibility index (Phi) is 2.50. The summed E-state index contributed by atoms with van der Waals surface area (Å²) in [6.07, 6.45) is 1.57. The summed E-state index contributed by atoms with van der Waals surface area (Å²) in [5, 5.41) is 3.61. The normalized spacial score (nSPS) is 11.6. The van der Waals surface area contributed by atoms with Gasteiger partial charge in [-0.15, -0.1) is 0 Å². The lowest BCUT2D eigenvalue weighted by atomic mass is 10.5. The van der Waals surface area contributed by atoms with Gasteiger partial charge in [0, 0.05) is 0 Å². The molecule has 0 aliphatic rings. The average molecular weight is 204 g/mol. The van der Waals surface area contributed by atoms with Gasteiger partial charge in [0.25, 0.3) is 0 Å². The van der Waals surface area contributed by atoms with Crippen LogP contribution in [0.25, 0.3) is 0 Å². The molecular formula is C6H6BrNO2. The van der Waals surface area contributed by atoms with Crippen molar-refractivity contribution in [2.75, 3.05) is 7.11 Å². The van der Waals surface area contributed by atoms with Crippen LogP contribution in [-0.2, 0) is 4.84 Å². The van der Waals surface area contributed by atoms with E-state index >= 15 is 0 Å². The first-order chi connectivity index (χ1) is 4.84. The van der Waals surface area contributed by atoms with Crippen LogP contribution >= 0.6 is 15.9 Å². The Hall–Kier alpha value is -0.770. The van der Waals surface area contributed by atoms with Crippen LogP contribution in [0.5, 0.6) is 0 Å². The molecule has 0 atom stereocenters. The van der Waals surface area contributed by atoms with Gasteiger partial charge in [-0.3, -0.25) is 0 Å². The Morgan fingerprint density at radius 1 is 1.80 bits per heavy atom. The molecule has 0 saturated carbocycles. The first kappa shape index (κ1) is 7.34. The van der Waals surface area contributed by atoms with Gasteiger partial charge < -0.3 is 9.25 Å². The standard InChI is InChI=1S/C6H6BrNO2/c1-9-8-6(7)5-3-2-4-10-5/h2-4H,1H3/b8-6-. The maximum atomic E-state index is 4.99. The molecule has 1 heterocycles. The summed E-state index contributed by atoms with van der Waals surface area (Å²) in [7, 11) is 1.48. The van der Waals surface area contributed by atoms with Crippen molar-refractivity contribution in [2.45, 2.75) is 0 Å². The third-order valence-electron chi connectivity index (χ3n) is 0.896. The molecule has 0 aromatic carbocycles. The van der Waals surface area contributed by atoms with E-state index in [-0.39, 0.29) is 0 Å². The Morgan fingerprint density at radius 3 is 3.10 bits per heavy atom. The van der Waals surface area contributed by atoms with Crippen molar-refractivity contribution in [3.8, 4) is 0 Å². The second-order valence-electron chi connectivity index (χ2n) is 1.54. The second kappa shape index (κ2) is 3.41. The van der Waals surface area contributed by atoms with Crippen LogP contribution in [-0.4, -0.2) is 11.7 Å². The topological polar surface area (TPSA) is 34.7 Å². The van der Waals surface area contributed by atoms with E-state index in [1.54, 1.807) is 18.4 Å². The third kappa shape index (κ3) is 1.60. The van der Waals surface area contributed by atoms with Crippen molar-refractivity contribution in [2.24, 2.45) is 5.16 Å². The van der Waals surface area contributed by atoms with Gasteiger partial charge in [0.1, 0.15) is 7.11 Å². The molecule has 10 heavy (non-hydrogen) atoms. The molecule has 0 amide bonds. The lowest BCUT2D eigenvalue weighted by Crippen LogP contribution is -1.86. The fourth-order valence-corrected chi connectivity index (χ4v) is 0.891. The zero-order chi connectivity index (χ0) is 7.40. The van der Waals surface area contributed by atoms with Gasteiger partial charge in [-0.05, 0) is 28.1 Å².